The second-order valence-electron chi connectivity index (χ2n) is 4.76. The molecular weight excluding hydrogens is 303 g/mol. The highest BCUT2D eigenvalue weighted by Crippen LogP contribution is 2.36. The van der Waals surface area contributed by atoms with Gasteiger partial charge in [0.25, 0.3) is 5.91 Å². The summed E-state index contributed by atoms with van der Waals surface area (Å²) in [5.41, 5.74) is 0.563. The first-order chi connectivity index (χ1) is 9.93. The lowest BCUT2D eigenvalue weighted by atomic mass is 10.1. The van der Waals surface area contributed by atoms with Crippen LogP contribution >= 0.6 is 11.8 Å². The number of thioether (sulfide) groups is 1. The number of nitrogen functional groups attached to an aromatic ring is 1. The zero-order valence-corrected chi connectivity index (χ0v) is 12.0. The minimum Gasteiger partial charge on any atom is -0.348 e. The third-order valence-electron chi connectivity index (χ3n) is 3.25. The van der Waals surface area contributed by atoms with Gasteiger partial charge in [-0.15, -0.1) is 0 Å². The van der Waals surface area contributed by atoms with Crippen LogP contribution in [0.4, 0.5) is 18.9 Å². The summed E-state index contributed by atoms with van der Waals surface area (Å²) in [6.45, 7) is 0. The smallest absolute Gasteiger partial charge is 0.348 e. The topological polar surface area (TPSA) is 67.1 Å². The summed E-state index contributed by atoms with van der Waals surface area (Å²) in [6.07, 6.45) is -2.75. The van der Waals surface area contributed by atoms with Crippen LogP contribution in [-0.4, -0.2) is 23.5 Å². The van der Waals surface area contributed by atoms with Crippen molar-refractivity contribution in [1.29, 1.82) is 0 Å². The number of benzene rings is 1. The first-order valence-electron chi connectivity index (χ1n) is 6.49. The van der Waals surface area contributed by atoms with Gasteiger partial charge in [-0.2, -0.15) is 24.9 Å². The first kappa shape index (κ1) is 16.0. The van der Waals surface area contributed by atoms with E-state index in [1.807, 2.05) is 5.43 Å². The molecule has 4 nitrogen and oxygen atoms in total. The van der Waals surface area contributed by atoms with Crippen LogP contribution in [0.25, 0.3) is 0 Å². The summed E-state index contributed by atoms with van der Waals surface area (Å²) in [7, 11) is 0. The molecule has 1 aliphatic rings. The summed E-state index contributed by atoms with van der Waals surface area (Å²) in [6, 6.07) is 3.41. The summed E-state index contributed by atoms with van der Waals surface area (Å²) in [5, 5.41) is 2.77. The Morgan fingerprint density at radius 1 is 1.38 bits per heavy atom. The van der Waals surface area contributed by atoms with E-state index in [1.54, 1.807) is 11.8 Å². The van der Waals surface area contributed by atoms with E-state index in [9.17, 15) is 18.0 Å². The molecule has 1 saturated heterocycles. The molecule has 1 fully saturated rings. The number of anilines is 1. The van der Waals surface area contributed by atoms with E-state index in [0.29, 0.717) is 0 Å². The molecule has 1 aliphatic heterocycles. The fourth-order valence-electron chi connectivity index (χ4n) is 2.25. The van der Waals surface area contributed by atoms with Gasteiger partial charge in [-0.25, -0.2) is 0 Å². The van der Waals surface area contributed by atoms with Gasteiger partial charge in [-0.3, -0.25) is 10.6 Å². The van der Waals surface area contributed by atoms with E-state index in [2.05, 4.69) is 5.32 Å². The third-order valence-corrected chi connectivity index (χ3v) is 4.47. The highest BCUT2D eigenvalue weighted by atomic mass is 32.2. The number of halogens is 3. The summed E-state index contributed by atoms with van der Waals surface area (Å²) < 4.78 is 38.7. The minimum atomic E-state index is -4.57. The predicted molar refractivity (Wildman–Crippen MR) is 77.1 cm³/mol. The van der Waals surface area contributed by atoms with Crippen molar-refractivity contribution in [3.63, 3.8) is 0 Å². The van der Waals surface area contributed by atoms with E-state index < -0.39 is 23.3 Å². The molecule has 1 unspecified atom stereocenters. The van der Waals surface area contributed by atoms with Gasteiger partial charge in [-0.1, -0.05) is 6.07 Å². The highest BCUT2D eigenvalue weighted by molar-refractivity contribution is 7.99. The second-order valence-corrected chi connectivity index (χ2v) is 5.91. The van der Waals surface area contributed by atoms with Gasteiger partial charge < -0.3 is 10.7 Å². The Bertz CT molecular complexity index is 516. The number of hydrogen-bond acceptors (Lipinski definition) is 4. The Kier molecular flexibility index (Phi) is 5.00. The Morgan fingerprint density at radius 2 is 2.14 bits per heavy atom. The van der Waals surface area contributed by atoms with E-state index in [4.69, 9.17) is 5.84 Å². The average Bonchev–Trinajstić information content (AvgIpc) is 2.46. The van der Waals surface area contributed by atoms with Gasteiger partial charge in [0.05, 0.1) is 16.8 Å². The quantitative estimate of drug-likeness (QED) is 0.592. The zero-order valence-electron chi connectivity index (χ0n) is 11.2. The van der Waals surface area contributed by atoms with Gasteiger partial charge in [0, 0.05) is 11.8 Å². The molecule has 116 valence electrons. The summed E-state index contributed by atoms with van der Waals surface area (Å²) in [4.78, 5) is 12.2. The number of nitrogens with one attached hydrogen (secondary N) is 2. The van der Waals surface area contributed by atoms with Crippen molar-refractivity contribution in [3.8, 4) is 0 Å². The van der Waals surface area contributed by atoms with Gasteiger partial charge in [0.2, 0.25) is 0 Å². The SMILES string of the molecule is NNc1c(C(=O)NC2CCCSC2)cccc1C(F)(F)F. The van der Waals surface area contributed by atoms with Crippen LogP contribution in [0, 0.1) is 0 Å². The van der Waals surface area contributed by atoms with Crippen LogP contribution in [0.5, 0.6) is 0 Å². The number of carbonyl (C=O) groups is 1. The minimum absolute atomic E-state index is 0.0172. The lowest BCUT2D eigenvalue weighted by Crippen LogP contribution is -2.39. The molecule has 0 spiro atoms. The standard InChI is InChI=1S/C13H16F3N3OS/c14-13(15,16)10-5-1-4-9(11(10)19-17)12(20)18-8-3-2-6-21-7-8/h1,4-5,8,19H,2-3,6-7,17H2,(H,18,20). The second kappa shape index (κ2) is 6.57. The van der Waals surface area contributed by atoms with E-state index in [1.165, 1.54) is 12.1 Å². The van der Waals surface area contributed by atoms with Crippen molar-refractivity contribution >= 4 is 23.4 Å². The fraction of sp³-hybridized carbons (Fsp3) is 0.462. The number of rotatable bonds is 3. The molecule has 1 amide bonds. The Balaban J connectivity index is 2.24. The zero-order chi connectivity index (χ0) is 15.5. The van der Waals surface area contributed by atoms with Crippen LogP contribution in [0.1, 0.15) is 28.8 Å². The molecule has 1 aromatic carbocycles. The van der Waals surface area contributed by atoms with Crippen molar-refractivity contribution in [2.45, 2.75) is 25.1 Å². The maximum Gasteiger partial charge on any atom is 0.418 e. The monoisotopic (exact) mass is 319 g/mol. The van der Waals surface area contributed by atoms with Gasteiger partial charge in [0.1, 0.15) is 0 Å². The molecule has 0 aliphatic carbocycles. The number of para-hydroxylation sites is 1. The van der Waals surface area contributed by atoms with Crippen molar-refractivity contribution in [3.05, 3.63) is 29.3 Å². The summed E-state index contributed by atoms with van der Waals surface area (Å²) in [5.74, 6) is 6.47. The average molecular weight is 319 g/mol. The number of hydrazine groups is 1. The molecule has 21 heavy (non-hydrogen) atoms. The third kappa shape index (κ3) is 3.82. The van der Waals surface area contributed by atoms with Crippen molar-refractivity contribution in [1.82, 2.24) is 5.32 Å². The Morgan fingerprint density at radius 3 is 2.71 bits per heavy atom. The number of nitrogens with two attached hydrogens (primary N) is 1. The fourth-order valence-corrected chi connectivity index (χ4v) is 3.32. The molecule has 0 aromatic heterocycles. The molecular formula is C13H16F3N3OS. The highest BCUT2D eigenvalue weighted by Gasteiger charge is 2.35. The van der Waals surface area contributed by atoms with Crippen LogP contribution in [0.3, 0.4) is 0 Å². The van der Waals surface area contributed by atoms with Gasteiger partial charge in [0.15, 0.2) is 0 Å². The lowest BCUT2D eigenvalue weighted by Gasteiger charge is -2.23. The molecule has 0 radical (unpaired) electrons. The van der Waals surface area contributed by atoms with Gasteiger partial charge >= 0.3 is 6.18 Å². The van der Waals surface area contributed by atoms with E-state index >= 15 is 0 Å². The van der Waals surface area contributed by atoms with E-state index in [0.717, 1.165) is 30.4 Å². The predicted octanol–water partition coefficient (Wildman–Crippen LogP) is 2.62. The molecule has 1 aromatic rings. The van der Waals surface area contributed by atoms with Gasteiger partial charge in [-0.05, 0) is 30.7 Å². The molecule has 0 saturated carbocycles. The molecule has 1 atom stereocenters. The summed E-state index contributed by atoms with van der Waals surface area (Å²) >= 11 is 1.72. The molecule has 0 bridgehead atoms. The maximum absolute atomic E-state index is 12.9. The lowest BCUT2D eigenvalue weighted by molar-refractivity contribution is -0.137. The molecule has 4 N–H and O–H groups in total. The largest absolute Gasteiger partial charge is 0.418 e. The van der Waals surface area contributed by atoms with E-state index in [-0.39, 0.29) is 11.6 Å². The van der Waals surface area contributed by atoms with Crippen molar-refractivity contribution < 1.29 is 18.0 Å². The molecule has 1 heterocycles. The van der Waals surface area contributed by atoms with Crippen molar-refractivity contribution in [2.24, 2.45) is 5.84 Å². The number of hydrogen-bond donors (Lipinski definition) is 3. The molecule has 8 heteroatoms. The normalized spacial score (nSPS) is 19.1. The van der Waals surface area contributed by atoms with Crippen LogP contribution < -0.4 is 16.6 Å². The maximum atomic E-state index is 12.9. The van der Waals surface area contributed by atoms with Crippen LogP contribution in [0.15, 0.2) is 18.2 Å². The molecule has 2 rings (SSSR count). The first-order valence-corrected chi connectivity index (χ1v) is 7.64. The van der Waals surface area contributed by atoms with Crippen molar-refractivity contribution in [2.75, 3.05) is 16.9 Å². The Labute approximate surface area is 124 Å². The number of alkyl halides is 3. The number of carbonyl (C=O) groups excluding carboxylic acids is 1. The van der Waals surface area contributed by atoms with Crippen LogP contribution in [0.2, 0.25) is 0 Å². The Hall–Kier alpha value is -1.41. The number of amides is 1. The van der Waals surface area contributed by atoms with Crippen LogP contribution in [-0.2, 0) is 6.18 Å².